The van der Waals surface area contributed by atoms with Crippen LogP contribution < -0.4 is 5.32 Å². The van der Waals surface area contributed by atoms with Gasteiger partial charge in [-0.15, -0.1) is 0 Å². The molecule has 4 rings (SSSR count). The molecule has 0 aliphatic heterocycles. The Hall–Kier alpha value is -3.31. The highest BCUT2D eigenvalue weighted by atomic mass is 35.5. The van der Waals surface area contributed by atoms with Crippen molar-refractivity contribution in [2.24, 2.45) is 0 Å². The van der Waals surface area contributed by atoms with Gasteiger partial charge in [-0.25, -0.2) is 0 Å². The predicted octanol–water partition coefficient (Wildman–Crippen LogP) is 7.67. The lowest BCUT2D eigenvalue weighted by molar-refractivity contribution is -0.137. The van der Waals surface area contributed by atoms with Crippen LogP contribution in [0.1, 0.15) is 34.5 Å². The molecule has 4 aromatic rings. The van der Waals surface area contributed by atoms with Crippen molar-refractivity contribution in [3.05, 3.63) is 107 Å². The molecule has 0 radical (unpaired) electrons. The van der Waals surface area contributed by atoms with Crippen LogP contribution in [0.3, 0.4) is 0 Å². The van der Waals surface area contributed by atoms with E-state index in [9.17, 15) is 18.0 Å². The standard InChI is InChI=1S/C26H19ClF3NO/c1-16(21-6-2-3-8-24(21)27)31-25(32)19-11-14-23-18(15-19)5-4-7-22(23)17-9-12-20(13-10-17)26(28,29)30/h2-16H,1H3,(H,31,32)/t16-/m0/s1. The summed E-state index contributed by atoms with van der Waals surface area (Å²) in [7, 11) is 0. The number of alkyl halides is 3. The fraction of sp³-hybridized carbons (Fsp3) is 0.115. The average molecular weight is 454 g/mol. The zero-order chi connectivity index (χ0) is 22.9. The summed E-state index contributed by atoms with van der Waals surface area (Å²) in [6.45, 7) is 1.86. The summed E-state index contributed by atoms with van der Waals surface area (Å²) in [5.41, 5.74) is 2.10. The van der Waals surface area contributed by atoms with Gasteiger partial charge in [0.2, 0.25) is 0 Å². The van der Waals surface area contributed by atoms with Gasteiger partial charge in [0.1, 0.15) is 0 Å². The van der Waals surface area contributed by atoms with Crippen molar-refractivity contribution in [1.29, 1.82) is 0 Å². The molecule has 0 aliphatic carbocycles. The number of fused-ring (bicyclic) bond motifs is 1. The second-order valence-electron chi connectivity index (χ2n) is 7.53. The highest BCUT2D eigenvalue weighted by molar-refractivity contribution is 6.31. The first-order valence-electron chi connectivity index (χ1n) is 10.00. The number of rotatable bonds is 4. The topological polar surface area (TPSA) is 29.1 Å². The van der Waals surface area contributed by atoms with Gasteiger partial charge in [0, 0.05) is 10.6 Å². The lowest BCUT2D eigenvalue weighted by atomic mass is 9.96. The molecule has 0 spiro atoms. The summed E-state index contributed by atoms with van der Waals surface area (Å²) in [5, 5.41) is 5.21. The predicted molar refractivity (Wildman–Crippen MR) is 122 cm³/mol. The monoisotopic (exact) mass is 453 g/mol. The molecule has 1 amide bonds. The fourth-order valence-electron chi connectivity index (χ4n) is 3.70. The van der Waals surface area contributed by atoms with E-state index in [1.54, 1.807) is 18.2 Å². The minimum Gasteiger partial charge on any atom is -0.345 e. The normalized spacial score (nSPS) is 12.5. The van der Waals surface area contributed by atoms with Crippen molar-refractivity contribution in [2.75, 3.05) is 0 Å². The Morgan fingerprint density at radius 2 is 1.62 bits per heavy atom. The van der Waals surface area contributed by atoms with Gasteiger partial charge in [0.15, 0.2) is 0 Å². The summed E-state index contributed by atoms with van der Waals surface area (Å²) in [4.78, 5) is 12.8. The number of halogens is 4. The first-order chi connectivity index (χ1) is 15.2. The van der Waals surface area contributed by atoms with Gasteiger partial charge >= 0.3 is 6.18 Å². The Morgan fingerprint density at radius 3 is 2.31 bits per heavy atom. The molecule has 2 nitrogen and oxygen atoms in total. The molecule has 0 unspecified atom stereocenters. The summed E-state index contributed by atoms with van der Waals surface area (Å²) in [5.74, 6) is -0.237. The summed E-state index contributed by atoms with van der Waals surface area (Å²) >= 11 is 6.22. The Balaban J connectivity index is 1.62. The first kappa shape index (κ1) is 21.9. The van der Waals surface area contributed by atoms with E-state index in [2.05, 4.69) is 5.32 Å². The lowest BCUT2D eigenvalue weighted by Crippen LogP contribution is -2.26. The quantitative estimate of drug-likeness (QED) is 0.337. The van der Waals surface area contributed by atoms with E-state index in [0.717, 1.165) is 34.0 Å². The van der Waals surface area contributed by atoms with Crippen LogP contribution in [0.25, 0.3) is 21.9 Å². The minimum atomic E-state index is -4.37. The van der Waals surface area contributed by atoms with E-state index in [1.165, 1.54) is 12.1 Å². The van der Waals surface area contributed by atoms with E-state index in [0.29, 0.717) is 16.1 Å². The highest BCUT2D eigenvalue weighted by Gasteiger charge is 2.30. The number of carbonyl (C=O) groups is 1. The van der Waals surface area contributed by atoms with Crippen LogP contribution in [0.2, 0.25) is 5.02 Å². The highest BCUT2D eigenvalue weighted by Crippen LogP contribution is 2.33. The van der Waals surface area contributed by atoms with E-state index in [4.69, 9.17) is 11.6 Å². The molecule has 32 heavy (non-hydrogen) atoms. The van der Waals surface area contributed by atoms with Gasteiger partial charge in [0.25, 0.3) is 5.91 Å². The molecule has 0 saturated carbocycles. The van der Waals surface area contributed by atoms with Gasteiger partial charge in [-0.3, -0.25) is 4.79 Å². The molecule has 0 fully saturated rings. The van der Waals surface area contributed by atoms with Crippen LogP contribution >= 0.6 is 11.6 Å². The van der Waals surface area contributed by atoms with E-state index < -0.39 is 11.7 Å². The van der Waals surface area contributed by atoms with E-state index in [1.807, 2.05) is 49.4 Å². The first-order valence-corrected chi connectivity index (χ1v) is 10.4. The van der Waals surface area contributed by atoms with Crippen molar-refractivity contribution in [3.63, 3.8) is 0 Å². The number of nitrogens with one attached hydrogen (secondary N) is 1. The zero-order valence-corrected chi connectivity index (χ0v) is 17.8. The molecule has 0 saturated heterocycles. The van der Waals surface area contributed by atoms with Crippen LogP contribution in [0.5, 0.6) is 0 Å². The van der Waals surface area contributed by atoms with Crippen LogP contribution in [-0.2, 0) is 6.18 Å². The second kappa shape index (κ2) is 8.67. The van der Waals surface area contributed by atoms with Crippen LogP contribution in [-0.4, -0.2) is 5.91 Å². The zero-order valence-electron chi connectivity index (χ0n) is 17.1. The van der Waals surface area contributed by atoms with E-state index in [-0.39, 0.29) is 11.9 Å². The van der Waals surface area contributed by atoms with Gasteiger partial charge < -0.3 is 5.32 Å². The van der Waals surface area contributed by atoms with Crippen LogP contribution in [0, 0.1) is 0 Å². The molecule has 0 aromatic heterocycles. The Morgan fingerprint density at radius 1 is 0.906 bits per heavy atom. The third-order valence-electron chi connectivity index (χ3n) is 5.39. The number of hydrogen-bond donors (Lipinski definition) is 1. The number of carbonyl (C=O) groups excluding carboxylic acids is 1. The Bertz CT molecular complexity index is 1280. The molecule has 0 bridgehead atoms. The molecule has 4 aromatic carbocycles. The number of amides is 1. The van der Waals surface area contributed by atoms with Crippen LogP contribution in [0.4, 0.5) is 13.2 Å². The van der Waals surface area contributed by atoms with Crippen LogP contribution in [0.15, 0.2) is 84.9 Å². The third-order valence-corrected chi connectivity index (χ3v) is 5.73. The lowest BCUT2D eigenvalue weighted by Gasteiger charge is -2.16. The van der Waals surface area contributed by atoms with Gasteiger partial charge in [-0.1, -0.05) is 66.2 Å². The summed E-state index contributed by atoms with van der Waals surface area (Å²) in [6.07, 6.45) is -4.37. The maximum atomic E-state index is 12.9. The van der Waals surface area contributed by atoms with E-state index >= 15 is 0 Å². The maximum absolute atomic E-state index is 12.9. The smallest absolute Gasteiger partial charge is 0.345 e. The average Bonchev–Trinajstić information content (AvgIpc) is 2.78. The van der Waals surface area contributed by atoms with Crippen molar-refractivity contribution >= 4 is 28.3 Å². The van der Waals surface area contributed by atoms with Gasteiger partial charge in [-0.2, -0.15) is 13.2 Å². The third kappa shape index (κ3) is 4.48. The van der Waals surface area contributed by atoms with Crippen molar-refractivity contribution in [3.8, 4) is 11.1 Å². The largest absolute Gasteiger partial charge is 0.416 e. The molecule has 1 N–H and O–H groups in total. The number of hydrogen-bond acceptors (Lipinski definition) is 1. The molecule has 0 aliphatic rings. The van der Waals surface area contributed by atoms with Crippen molar-refractivity contribution < 1.29 is 18.0 Å². The molecule has 0 heterocycles. The molecule has 1 atom stereocenters. The maximum Gasteiger partial charge on any atom is 0.416 e. The molecular weight excluding hydrogens is 435 g/mol. The van der Waals surface area contributed by atoms with Crippen molar-refractivity contribution in [2.45, 2.75) is 19.1 Å². The Kier molecular flexibility index (Phi) is 5.94. The second-order valence-corrected chi connectivity index (χ2v) is 7.94. The van der Waals surface area contributed by atoms with Gasteiger partial charge in [0.05, 0.1) is 11.6 Å². The summed E-state index contributed by atoms with van der Waals surface area (Å²) in [6, 6.07) is 23.0. The van der Waals surface area contributed by atoms with Crippen molar-refractivity contribution in [1.82, 2.24) is 5.32 Å². The minimum absolute atomic E-state index is 0.237. The summed E-state index contributed by atoms with van der Waals surface area (Å²) < 4.78 is 38.6. The van der Waals surface area contributed by atoms with Gasteiger partial charge in [-0.05, 0) is 64.7 Å². The Labute approximate surface area is 188 Å². The fourth-order valence-corrected chi connectivity index (χ4v) is 4.00. The molecule has 162 valence electrons. The SMILES string of the molecule is C[C@H](NC(=O)c1ccc2c(-c3ccc(C(F)(F)F)cc3)cccc2c1)c1ccccc1Cl. The molecule has 6 heteroatoms. The molecular formula is C26H19ClF3NO. The number of benzene rings is 4.